The largest absolute Gasteiger partial charge is 0.421 e. The maximum absolute atomic E-state index is 12.9. The monoisotopic (exact) mass is 419 g/mol. The van der Waals surface area contributed by atoms with E-state index in [2.05, 4.69) is 11.1 Å². The van der Waals surface area contributed by atoms with Gasteiger partial charge in [-0.3, -0.25) is 4.79 Å². The van der Waals surface area contributed by atoms with Crippen molar-refractivity contribution in [2.75, 3.05) is 0 Å². The van der Waals surface area contributed by atoms with E-state index in [0.29, 0.717) is 11.3 Å². The molecule has 32 heavy (non-hydrogen) atoms. The zero-order chi connectivity index (χ0) is 21.9. The standard InChI is InChI=1S/C27H19N2O3/c30-25(19-8-2-1-3-9-19)18-29-15-14-28-24(17-29)27(31)32-26-16-20-10-4-5-11-21(20)22-12-6-7-13-23(22)26/h1-17H,18H2/q+1. The molecule has 0 fully saturated rings. The van der Waals surface area contributed by atoms with E-state index < -0.39 is 5.97 Å². The van der Waals surface area contributed by atoms with Crippen molar-refractivity contribution in [2.24, 2.45) is 0 Å². The first-order valence-corrected chi connectivity index (χ1v) is 10.2. The molecule has 5 nitrogen and oxygen atoms in total. The number of fused-ring (bicyclic) bond motifs is 3. The second-order valence-corrected chi connectivity index (χ2v) is 7.43. The molecule has 4 aromatic carbocycles. The van der Waals surface area contributed by atoms with Crippen LogP contribution in [0.15, 0.2) is 104 Å². The second kappa shape index (κ2) is 8.40. The molecule has 5 heteroatoms. The number of benzene rings is 4. The highest BCUT2D eigenvalue weighted by Crippen LogP contribution is 2.33. The Balaban J connectivity index is 1.44. The van der Waals surface area contributed by atoms with E-state index in [1.165, 1.54) is 12.4 Å². The van der Waals surface area contributed by atoms with Gasteiger partial charge in [0.1, 0.15) is 5.75 Å². The van der Waals surface area contributed by atoms with Gasteiger partial charge in [-0.15, -0.1) is 0 Å². The number of ketones is 1. The number of carbonyl (C=O) groups excluding carboxylic acids is 2. The molecule has 0 radical (unpaired) electrons. The highest BCUT2D eigenvalue weighted by atomic mass is 16.5. The van der Waals surface area contributed by atoms with Gasteiger partial charge in [0.2, 0.25) is 24.2 Å². The van der Waals surface area contributed by atoms with Crippen LogP contribution in [-0.4, -0.2) is 16.7 Å². The fourth-order valence-electron chi connectivity index (χ4n) is 3.77. The van der Waals surface area contributed by atoms with Gasteiger partial charge in [0, 0.05) is 10.9 Å². The van der Waals surface area contributed by atoms with E-state index in [9.17, 15) is 9.59 Å². The summed E-state index contributed by atoms with van der Waals surface area (Å²) in [5, 5.41) is 3.94. The maximum atomic E-state index is 12.9. The summed E-state index contributed by atoms with van der Waals surface area (Å²) in [6.45, 7) is 0.103. The first-order valence-electron chi connectivity index (χ1n) is 10.2. The van der Waals surface area contributed by atoms with Crippen molar-refractivity contribution < 1.29 is 18.9 Å². The third kappa shape index (κ3) is 3.84. The Morgan fingerprint density at radius 2 is 1.50 bits per heavy atom. The summed E-state index contributed by atoms with van der Waals surface area (Å²) < 4.78 is 7.40. The lowest BCUT2D eigenvalue weighted by Gasteiger charge is -2.10. The third-order valence-corrected chi connectivity index (χ3v) is 5.32. The molecule has 0 N–H and O–H groups in total. The van der Waals surface area contributed by atoms with Crippen molar-refractivity contribution in [3.8, 4) is 5.75 Å². The Labute approximate surface area is 184 Å². The molecule has 0 spiro atoms. The van der Waals surface area contributed by atoms with Gasteiger partial charge in [-0.05, 0) is 22.2 Å². The van der Waals surface area contributed by atoms with E-state index >= 15 is 0 Å². The molecular weight excluding hydrogens is 400 g/mol. The van der Waals surface area contributed by atoms with Crippen molar-refractivity contribution in [3.05, 3.63) is 115 Å². The number of rotatable bonds is 5. The zero-order valence-corrected chi connectivity index (χ0v) is 17.1. The van der Waals surface area contributed by atoms with Crippen molar-refractivity contribution in [3.63, 3.8) is 0 Å². The Bertz CT molecular complexity index is 1460. The lowest BCUT2D eigenvalue weighted by Crippen LogP contribution is -2.38. The zero-order valence-electron chi connectivity index (χ0n) is 17.1. The van der Waals surface area contributed by atoms with Crippen LogP contribution < -0.4 is 9.30 Å². The molecular formula is C27H19N2O3+. The molecule has 0 atom stereocenters. The maximum Gasteiger partial charge on any atom is 0.368 e. The molecule has 0 amide bonds. The number of Topliss-reactive ketones (excluding diaryl/α,β-unsaturated/α-hetero) is 1. The predicted molar refractivity (Wildman–Crippen MR) is 122 cm³/mol. The van der Waals surface area contributed by atoms with Gasteiger partial charge in [0.15, 0.2) is 6.20 Å². The summed E-state index contributed by atoms with van der Waals surface area (Å²) in [6, 6.07) is 26.7. The van der Waals surface area contributed by atoms with Crippen molar-refractivity contribution in [1.82, 2.24) is 4.98 Å². The van der Waals surface area contributed by atoms with Crippen molar-refractivity contribution in [2.45, 2.75) is 6.54 Å². The first kappa shape index (κ1) is 19.6. The van der Waals surface area contributed by atoms with Crippen LogP contribution >= 0.6 is 0 Å². The van der Waals surface area contributed by atoms with Crippen LogP contribution in [0.1, 0.15) is 20.8 Å². The van der Waals surface area contributed by atoms with Crippen molar-refractivity contribution in [1.29, 1.82) is 0 Å². The number of hydrogen-bond donors (Lipinski definition) is 0. The molecule has 154 valence electrons. The summed E-state index contributed by atoms with van der Waals surface area (Å²) in [4.78, 5) is 29.6. The van der Waals surface area contributed by atoms with Crippen LogP contribution in [0, 0.1) is 0 Å². The van der Waals surface area contributed by atoms with Crippen LogP contribution in [0.4, 0.5) is 0 Å². The fraction of sp³-hybridized carbons (Fsp3) is 0.0370. The van der Waals surface area contributed by atoms with E-state index in [1.807, 2.05) is 66.7 Å². The van der Waals surface area contributed by atoms with Gasteiger partial charge in [-0.25, -0.2) is 9.78 Å². The molecule has 0 bridgehead atoms. The molecule has 0 aliphatic rings. The molecule has 5 aromatic rings. The number of aromatic nitrogens is 2. The highest BCUT2D eigenvalue weighted by Gasteiger charge is 2.19. The minimum Gasteiger partial charge on any atom is -0.421 e. The van der Waals surface area contributed by atoms with Gasteiger partial charge >= 0.3 is 5.97 Å². The minimum absolute atomic E-state index is 0.0540. The van der Waals surface area contributed by atoms with Crippen molar-refractivity contribution >= 4 is 33.3 Å². The summed E-state index contributed by atoms with van der Waals surface area (Å²) in [5.74, 6) is -0.157. The Hall–Kier alpha value is -4.38. The smallest absolute Gasteiger partial charge is 0.368 e. The average molecular weight is 419 g/mol. The van der Waals surface area contributed by atoms with Gasteiger partial charge < -0.3 is 4.74 Å². The molecule has 0 aliphatic carbocycles. The lowest BCUT2D eigenvalue weighted by atomic mass is 10.0. The van der Waals surface area contributed by atoms with Crippen LogP contribution in [0.5, 0.6) is 5.75 Å². The molecule has 5 rings (SSSR count). The van der Waals surface area contributed by atoms with Crippen LogP contribution in [0.2, 0.25) is 0 Å². The number of hydrogen-bond acceptors (Lipinski definition) is 4. The van der Waals surface area contributed by atoms with E-state index in [4.69, 9.17) is 4.74 Å². The van der Waals surface area contributed by atoms with E-state index in [1.54, 1.807) is 22.9 Å². The molecule has 0 aliphatic heterocycles. The summed E-state index contributed by atoms with van der Waals surface area (Å²) in [5.41, 5.74) is 0.745. The quantitative estimate of drug-likeness (QED) is 0.135. The highest BCUT2D eigenvalue weighted by molar-refractivity contribution is 6.11. The summed E-state index contributed by atoms with van der Waals surface area (Å²) in [6.07, 6.45) is 4.68. The van der Waals surface area contributed by atoms with Crippen LogP contribution in [0.3, 0.4) is 0 Å². The van der Waals surface area contributed by atoms with Gasteiger partial charge in [0.25, 0.3) is 0 Å². The van der Waals surface area contributed by atoms with E-state index in [0.717, 1.165) is 21.5 Å². The number of ether oxygens (including phenoxy) is 1. The van der Waals surface area contributed by atoms with Gasteiger partial charge in [-0.2, -0.15) is 4.57 Å². The van der Waals surface area contributed by atoms with Gasteiger partial charge in [0.05, 0.1) is 6.20 Å². The fourth-order valence-corrected chi connectivity index (χ4v) is 3.77. The molecule has 1 heterocycles. The van der Waals surface area contributed by atoms with E-state index in [-0.39, 0.29) is 18.0 Å². The minimum atomic E-state index is -0.577. The topological polar surface area (TPSA) is 60.1 Å². The molecule has 0 saturated carbocycles. The second-order valence-electron chi connectivity index (χ2n) is 7.43. The summed E-state index contributed by atoms with van der Waals surface area (Å²) in [7, 11) is 0. The first-order chi connectivity index (χ1) is 15.7. The Morgan fingerprint density at radius 1 is 0.812 bits per heavy atom. The van der Waals surface area contributed by atoms with Crippen LogP contribution in [0.25, 0.3) is 21.5 Å². The SMILES string of the molecule is O=C(C[n+]1ccnc(C(=O)Oc2cc3ccccc3c3ccccc23)c1)c1ccccc1. The number of nitrogens with zero attached hydrogens (tertiary/aromatic N) is 2. The van der Waals surface area contributed by atoms with Crippen LogP contribution in [-0.2, 0) is 6.54 Å². The summed E-state index contributed by atoms with van der Waals surface area (Å²) >= 11 is 0. The Kier molecular flexibility index (Phi) is 5.14. The predicted octanol–water partition coefficient (Wildman–Crippen LogP) is 4.78. The number of esters is 1. The molecule has 1 aromatic heterocycles. The lowest BCUT2D eigenvalue weighted by molar-refractivity contribution is -0.683. The normalized spacial score (nSPS) is 10.9. The molecule has 0 saturated heterocycles. The Morgan fingerprint density at radius 3 is 2.31 bits per heavy atom. The average Bonchev–Trinajstić information content (AvgIpc) is 2.85. The molecule has 0 unspecified atom stereocenters. The van der Waals surface area contributed by atoms with Gasteiger partial charge in [-0.1, -0.05) is 78.9 Å². The third-order valence-electron chi connectivity index (χ3n) is 5.32. The number of carbonyl (C=O) groups is 2.